The Morgan fingerprint density at radius 3 is 1.44 bits per heavy atom. The molecule has 609 valence electrons. The number of ether oxygens (including phenoxy) is 3. The van der Waals surface area contributed by atoms with E-state index in [-0.39, 0.29) is 114 Å². The minimum absolute atomic E-state index is 0.0176. The molecule has 9 amide bonds. The molecule has 37 nitrogen and oxygen atoms in total. The van der Waals surface area contributed by atoms with Crippen LogP contribution in [0.4, 0.5) is 5.82 Å². The number of nitrogens with two attached hydrogens (primary N) is 2. The minimum Gasteiger partial charge on any atom is -0.642 e. The number of unbranched alkanes of at least 4 members (excludes halogenated alkanes) is 1. The first-order chi connectivity index (χ1) is 53.9. The van der Waals surface area contributed by atoms with Gasteiger partial charge >= 0.3 is 104 Å². The molecule has 1 saturated heterocycles. The third-order valence-corrected chi connectivity index (χ3v) is 19.0. The van der Waals surface area contributed by atoms with Crippen LogP contribution in [0.1, 0.15) is 92.4 Å². The number of nitrogens with one attached hydrogen (secondary N) is 9. The molecule has 5 aromatic rings. The Morgan fingerprint density at radius 2 is 1.00 bits per heavy atom. The third kappa shape index (κ3) is 35.9. The van der Waals surface area contributed by atoms with Gasteiger partial charge in [0.1, 0.15) is 45.9 Å². The molecule has 1 aliphatic heterocycles. The average Bonchev–Trinajstić information content (AvgIpc) is 0.820. The fourth-order valence-corrected chi connectivity index (χ4v) is 13.0. The number of rotatable bonds is 42. The van der Waals surface area contributed by atoms with Crippen molar-refractivity contribution in [1.82, 2.24) is 56.2 Å². The fraction of sp³-hybridized carbons (Fsp3) is 0.438. The van der Waals surface area contributed by atoms with E-state index in [1.807, 2.05) is 36.4 Å². The number of carbonyl (C=O) groups is 11. The number of aliphatic imine (C=N–C) groups is 1. The SMILES string of the molecule is CC(=O)C[C@@H]1NC(=O)CNC(=O)[C@H](CCCN=C(N)N)NC(=O)[C@H](CCCCNC(=O)c2ccc(N=[N+]=[Tc])nc2)NC(=O)[C@@H](Cc2ccccc2)NC1=O.O=C(NCCOCCO)c1ccc([PH+](c2ccc(C(=O)NCCOCCO)cc2)c2ccc(C(=O)NCCOCCO)cc2)cc1.O=C(O)C[N-]C(CO)(CO)CO. The maximum atomic E-state index is 13.9. The van der Waals surface area contributed by atoms with Gasteiger partial charge in [-0.3, -0.25) is 52.9 Å². The second kappa shape index (κ2) is 53.7. The molecule has 0 bridgehead atoms. The van der Waals surface area contributed by atoms with Gasteiger partial charge in [0.2, 0.25) is 29.5 Å². The molecular weight excluding hydrogens is 1570 g/mol. The largest absolute Gasteiger partial charge is 0.642 e. The first kappa shape index (κ1) is 94.2. The van der Waals surface area contributed by atoms with Gasteiger partial charge in [0.05, 0.1) is 73.9 Å². The predicted octanol–water partition coefficient (Wildman–Crippen LogP) is -4.24. The van der Waals surface area contributed by atoms with Crippen LogP contribution in [0.15, 0.2) is 132 Å². The average molecular weight is 1670 g/mol. The van der Waals surface area contributed by atoms with E-state index in [1.54, 1.807) is 97.6 Å². The topological polar surface area (TPSA) is 583 Å². The number of carbonyl (C=O) groups excluding carboxylic acids is 10. The Morgan fingerprint density at radius 1 is 0.562 bits per heavy atom. The van der Waals surface area contributed by atoms with Crippen molar-refractivity contribution in [1.29, 1.82) is 0 Å². The fourth-order valence-electron chi connectivity index (χ4n) is 10.3. The summed E-state index contributed by atoms with van der Waals surface area (Å²) >= 11 is 1.71. The molecule has 0 unspecified atom stereocenters. The van der Waals surface area contributed by atoms with Gasteiger partial charge in [-0.05, 0) is 105 Å². The molecule has 1 aliphatic rings. The molecule has 6 rings (SSSR count). The number of Topliss-reactive ketones (excluding diaryl/α,β-unsaturated/α-hetero) is 1. The second-order valence-corrected chi connectivity index (χ2v) is 27.5. The zero-order valence-electron chi connectivity index (χ0n) is 61.9. The van der Waals surface area contributed by atoms with Crippen molar-refractivity contribution in [2.75, 3.05) is 125 Å². The number of guanidine groups is 1. The van der Waals surface area contributed by atoms with Gasteiger partial charge in [-0.25, -0.2) is 0 Å². The van der Waals surface area contributed by atoms with E-state index < -0.39 is 112 Å². The van der Waals surface area contributed by atoms with Gasteiger partial charge in [-0.15, -0.1) is 0 Å². The van der Waals surface area contributed by atoms with Crippen molar-refractivity contribution in [3.63, 3.8) is 0 Å². The summed E-state index contributed by atoms with van der Waals surface area (Å²) in [6, 6.07) is 29.2. The molecule has 39 heteroatoms. The minimum atomic E-state index is -1.61. The first-order valence-corrected chi connectivity index (χ1v) is 37.9. The molecule has 0 spiro atoms. The molecule has 0 saturated carbocycles. The van der Waals surface area contributed by atoms with Crippen LogP contribution in [0, 0.1) is 0 Å². The number of hydrogen-bond acceptors (Lipinski definition) is 23. The molecule has 112 heavy (non-hydrogen) atoms. The van der Waals surface area contributed by atoms with Crippen molar-refractivity contribution >= 4 is 101 Å². The number of hydrogen-bond donors (Lipinski definition) is 18. The molecule has 20 N–H and O–H groups in total. The maximum Gasteiger partial charge on any atom is 0.282 e. The van der Waals surface area contributed by atoms with Crippen LogP contribution in [-0.2, 0) is 72.9 Å². The molecule has 4 atom stereocenters. The van der Waals surface area contributed by atoms with Gasteiger partial charge in [0, 0.05) is 75.5 Å². The first-order valence-electron chi connectivity index (χ1n) is 35.6. The Bertz CT molecular complexity index is 3690. The van der Waals surface area contributed by atoms with Gasteiger partial charge in [-0.2, -0.15) is 0 Å². The molecule has 0 radical (unpaired) electrons. The van der Waals surface area contributed by atoms with Crippen LogP contribution < -0.4 is 78.6 Å². The number of aliphatic hydroxyl groups excluding tert-OH is 6. The Kier molecular flexibility index (Phi) is 45.2. The number of carboxylic acids is 1. The van der Waals surface area contributed by atoms with Crippen LogP contribution in [0.3, 0.4) is 0 Å². The number of amides is 9. The standard InChI is InChI=1S/C34H45N12O7.C33H42N3O9P.C6H12NO5.Tc/c1-20(47)16-25-32(52)45-26(17-21-8-3-2-4-9-21)33(53)44-24(10-5-6-14-38-29(49)22-12-13-27(46-37)40-18-22)31(51)43-23(11-7-15-39-34(35)36)30(50)41-19-28(48)42-25;37-16-22-43-19-13-34-31(40)25-1-7-28(8-2-25)46(29-9-3-26(4-10-29)32(41)35-14-20-44-23-17-38)30-11-5-27(6-12-30)33(42)36-15-21-45-24-18-39;8-2-6(3-9,4-10)7-1-5(11)12;/h2-4,8-9,12-13,18,23-26H,5-7,10-11,14-17,19H2,1H3,(H,38,49)(H,41,50)(H,42,48)(H,43,51)(H,44,53)(H,45,52)(H4,35,36,39);1-12,37-39H,13-24H2,(H,34,40)(H,35,41)(H,36,42);8-10H,1-4H2,(H,11,12);/q-1;;-1;+2/p+1/t23-,24-,25-,26+;;;/m0.../s1. The third-order valence-electron chi connectivity index (χ3n) is 16.1. The molecule has 1 fully saturated rings. The number of aliphatic carboxylic acids is 1. The van der Waals surface area contributed by atoms with Crippen molar-refractivity contribution in [2.45, 2.75) is 81.6 Å². The number of aliphatic hydroxyl groups is 6. The summed E-state index contributed by atoms with van der Waals surface area (Å²) in [5.41, 5.74) is 11.9. The Labute approximate surface area is 657 Å². The van der Waals surface area contributed by atoms with E-state index >= 15 is 0 Å². The summed E-state index contributed by atoms with van der Waals surface area (Å²) in [5.74, 6) is -6.13. The van der Waals surface area contributed by atoms with Crippen LogP contribution in [0.5, 0.6) is 0 Å². The van der Waals surface area contributed by atoms with E-state index in [2.05, 4.69) is 71.7 Å². The number of nitrogens with zero attached hydrogens (tertiary/aromatic N) is 5. The summed E-state index contributed by atoms with van der Waals surface area (Å²) in [7, 11) is -1.61. The molecule has 1 aromatic heterocycles. The van der Waals surface area contributed by atoms with Gasteiger partial charge in [-0.1, -0.05) is 35.9 Å². The number of aromatic nitrogens is 1. The van der Waals surface area contributed by atoms with Gasteiger partial charge < -0.3 is 109 Å². The molecule has 4 aromatic carbocycles. The smallest absolute Gasteiger partial charge is 0.282 e. The summed E-state index contributed by atoms with van der Waals surface area (Å²) in [6.07, 6.45) is 2.21. The quantitative estimate of drug-likeness (QED) is 0.00439. The second-order valence-electron chi connectivity index (χ2n) is 24.7. The zero-order valence-corrected chi connectivity index (χ0v) is 64.7. The van der Waals surface area contributed by atoms with Gasteiger partial charge in [0.25, 0.3) is 23.7 Å². The van der Waals surface area contributed by atoms with Crippen molar-refractivity contribution in [2.24, 2.45) is 21.6 Å². The van der Waals surface area contributed by atoms with E-state index in [9.17, 15) is 52.7 Å². The van der Waals surface area contributed by atoms with Crippen LogP contribution in [0.25, 0.3) is 5.32 Å². The number of pyridine rings is 1. The summed E-state index contributed by atoms with van der Waals surface area (Å²) < 4.78 is 19.2. The van der Waals surface area contributed by atoms with E-state index in [4.69, 9.17) is 61.4 Å². The van der Waals surface area contributed by atoms with Gasteiger partial charge in [0.15, 0.2) is 5.96 Å². The number of carboxylic acid groups (broad SMARTS) is 1. The molecule has 0 aliphatic carbocycles. The summed E-state index contributed by atoms with van der Waals surface area (Å²) in [4.78, 5) is 148. The number of benzene rings is 4. The van der Waals surface area contributed by atoms with Crippen LogP contribution in [0.2, 0.25) is 0 Å². The predicted molar refractivity (Wildman–Crippen MR) is 408 cm³/mol. The van der Waals surface area contributed by atoms with E-state index in [1.165, 1.54) is 13.1 Å². The van der Waals surface area contributed by atoms with Crippen molar-refractivity contribution in [3.8, 4) is 0 Å². The normalized spacial score (nSPS) is 15.2. The maximum absolute atomic E-state index is 13.9. The number of ketones is 1. The van der Waals surface area contributed by atoms with Crippen molar-refractivity contribution < 1.29 is 121 Å². The van der Waals surface area contributed by atoms with Crippen LogP contribution >= 0.6 is 7.92 Å². The molecular formula is C73H100N16O21PTc+. The monoisotopic (exact) mass is 1660 g/mol. The summed E-state index contributed by atoms with van der Waals surface area (Å²) in [5, 5.41) is 95.1. The summed E-state index contributed by atoms with van der Waals surface area (Å²) in [6.45, 7) is 1.09. The van der Waals surface area contributed by atoms with E-state index in [0.717, 1.165) is 15.9 Å². The molecule has 2 heterocycles. The Hall–Kier alpha value is -10.1. The van der Waals surface area contributed by atoms with Crippen LogP contribution in [-0.4, -0.2) is 266 Å². The Balaban J connectivity index is 0.000000415. The van der Waals surface area contributed by atoms with Crippen molar-refractivity contribution in [3.05, 3.63) is 155 Å². The zero-order chi connectivity index (χ0) is 82.1. The van der Waals surface area contributed by atoms with E-state index in [0.29, 0.717) is 85.9 Å².